The van der Waals surface area contributed by atoms with E-state index in [9.17, 15) is 13.2 Å². The first-order chi connectivity index (χ1) is 19.5. The summed E-state index contributed by atoms with van der Waals surface area (Å²) in [5, 5.41) is 2.47. The molecule has 1 N–H and O–H groups in total. The van der Waals surface area contributed by atoms with Gasteiger partial charge in [-0.2, -0.15) is 20.2 Å². The molecular formula is C32H33NO5S2. The van der Waals surface area contributed by atoms with Crippen molar-refractivity contribution in [3.05, 3.63) is 138 Å². The summed E-state index contributed by atoms with van der Waals surface area (Å²) in [6.07, 6.45) is 0.600. The third kappa shape index (κ3) is 10.1. The largest absolute Gasteiger partial charge is 0.445 e. The van der Waals surface area contributed by atoms with E-state index in [2.05, 4.69) is 5.32 Å². The van der Waals surface area contributed by atoms with Gasteiger partial charge in [-0.25, -0.2) is 4.79 Å². The quantitative estimate of drug-likeness (QED) is 0.178. The molecule has 2 atom stereocenters. The second-order valence-electron chi connectivity index (χ2n) is 9.27. The molecule has 8 heteroatoms. The van der Waals surface area contributed by atoms with Crippen LogP contribution >= 0.6 is 11.8 Å². The predicted octanol–water partition coefficient (Wildman–Crippen LogP) is 6.28. The molecule has 0 aliphatic carbocycles. The van der Waals surface area contributed by atoms with Gasteiger partial charge in [0.05, 0.1) is 0 Å². The Hall–Kier alpha value is -3.75. The average Bonchev–Trinajstić information content (AvgIpc) is 2.97. The third-order valence-electron chi connectivity index (χ3n) is 6.16. The summed E-state index contributed by atoms with van der Waals surface area (Å²) in [6, 6.07) is 37.1. The molecule has 0 aliphatic heterocycles. The van der Waals surface area contributed by atoms with Gasteiger partial charge in [-0.1, -0.05) is 109 Å². The van der Waals surface area contributed by atoms with Crippen LogP contribution in [0.25, 0.3) is 0 Å². The summed E-state index contributed by atoms with van der Waals surface area (Å²) in [7, 11) is -3.97. The number of hydrogen-bond donors (Lipinski definition) is 1. The Labute approximate surface area is 240 Å². The van der Waals surface area contributed by atoms with E-state index in [0.717, 1.165) is 23.1 Å². The first-order valence-corrected chi connectivity index (χ1v) is 15.7. The van der Waals surface area contributed by atoms with E-state index in [1.54, 1.807) is 30.3 Å². The molecule has 4 rings (SSSR count). The van der Waals surface area contributed by atoms with E-state index >= 15 is 0 Å². The molecule has 0 saturated carbocycles. The first kappa shape index (κ1) is 29.2. The van der Waals surface area contributed by atoms with Gasteiger partial charge in [0.2, 0.25) is 0 Å². The summed E-state index contributed by atoms with van der Waals surface area (Å²) in [5.41, 5.74) is 3.00. The molecule has 6 nitrogen and oxygen atoms in total. The molecule has 4 aromatic carbocycles. The van der Waals surface area contributed by atoms with Crippen LogP contribution in [0.1, 0.15) is 16.7 Å². The number of benzene rings is 4. The molecule has 0 aliphatic rings. The number of hydrogen-bond acceptors (Lipinski definition) is 6. The number of carbonyl (C=O) groups excluding carboxylic acids is 1. The Balaban J connectivity index is 1.53. The number of alkyl carbamates (subject to hydrolysis) is 1. The molecule has 0 heterocycles. The average molecular weight is 576 g/mol. The van der Waals surface area contributed by atoms with E-state index in [1.807, 2.05) is 91.0 Å². The van der Waals surface area contributed by atoms with Crippen LogP contribution in [-0.4, -0.2) is 37.3 Å². The standard InChI is InChI=1S/C32H33NO5S2/c34-32(37-24-28-17-9-3-10-18-28)33-30(23-27-15-7-2-8-16-27)31(39-22-21-26-13-5-1-6-14-26)25-40(35,36)38-29-19-11-4-12-20-29/h1-20,30-31H,21-25H2,(H,33,34)/t30-,31?/m0/s1. The summed E-state index contributed by atoms with van der Waals surface area (Å²) in [5.74, 6) is 0.643. The highest BCUT2D eigenvalue weighted by Crippen LogP contribution is 2.24. The Morgan fingerprint density at radius 3 is 1.85 bits per heavy atom. The van der Waals surface area contributed by atoms with Crippen LogP contribution in [0.2, 0.25) is 0 Å². The zero-order valence-corrected chi connectivity index (χ0v) is 23.7. The van der Waals surface area contributed by atoms with Crippen molar-refractivity contribution in [3.8, 4) is 5.75 Å². The zero-order chi connectivity index (χ0) is 28.0. The summed E-state index contributed by atoms with van der Waals surface area (Å²) in [4.78, 5) is 13.0. The second-order valence-corrected chi connectivity index (χ2v) is 12.2. The van der Waals surface area contributed by atoms with Crippen molar-refractivity contribution in [2.75, 3.05) is 11.5 Å². The minimum Gasteiger partial charge on any atom is -0.445 e. The van der Waals surface area contributed by atoms with Crippen LogP contribution in [0.15, 0.2) is 121 Å². The Morgan fingerprint density at radius 2 is 1.25 bits per heavy atom. The lowest BCUT2D eigenvalue weighted by molar-refractivity contribution is 0.135. The molecule has 40 heavy (non-hydrogen) atoms. The van der Waals surface area contributed by atoms with E-state index in [1.165, 1.54) is 11.8 Å². The number of ether oxygens (including phenoxy) is 1. The van der Waals surface area contributed by atoms with Crippen LogP contribution in [0.4, 0.5) is 4.79 Å². The van der Waals surface area contributed by atoms with Crippen molar-refractivity contribution in [3.63, 3.8) is 0 Å². The van der Waals surface area contributed by atoms with E-state index in [-0.39, 0.29) is 18.1 Å². The van der Waals surface area contributed by atoms with Gasteiger partial charge in [0.1, 0.15) is 18.1 Å². The fourth-order valence-electron chi connectivity index (χ4n) is 4.17. The second kappa shape index (κ2) is 15.1. The van der Waals surface area contributed by atoms with Gasteiger partial charge in [0.25, 0.3) is 0 Å². The number of thioether (sulfide) groups is 1. The van der Waals surface area contributed by atoms with Gasteiger partial charge in [0, 0.05) is 11.3 Å². The Morgan fingerprint density at radius 1 is 0.725 bits per heavy atom. The molecule has 0 fully saturated rings. The van der Waals surface area contributed by atoms with Crippen LogP contribution in [0.5, 0.6) is 5.75 Å². The molecular weight excluding hydrogens is 542 g/mol. The fourth-order valence-corrected chi connectivity index (χ4v) is 7.22. The lowest BCUT2D eigenvalue weighted by Gasteiger charge is -2.27. The number of aryl methyl sites for hydroxylation is 1. The van der Waals surface area contributed by atoms with Crippen molar-refractivity contribution < 1.29 is 22.1 Å². The van der Waals surface area contributed by atoms with Gasteiger partial charge in [0.15, 0.2) is 0 Å². The van der Waals surface area contributed by atoms with Gasteiger partial charge in [-0.15, -0.1) is 0 Å². The number of rotatable bonds is 14. The number of para-hydroxylation sites is 1. The third-order valence-corrected chi connectivity index (χ3v) is 8.95. The van der Waals surface area contributed by atoms with Gasteiger partial charge < -0.3 is 14.2 Å². The summed E-state index contributed by atoms with van der Waals surface area (Å²) >= 11 is 1.51. The van der Waals surface area contributed by atoms with Crippen LogP contribution in [-0.2, 0) is 34.3 Å². The van der Waals surface area contributed by atoms with Gasteiger partial charge in [-0.3, -0.25) is 0 Å². The SMILES string of the molecule is O=C(N[C@@H](Cc1ccccc1)C(CS(=O)(=O)Oc1ccccc1)SCCc1ccccc1)OCc1ccccc1. The Kier molecular flexibility index (Phi) is 11.1. The van der Waals surface area contributed by atoms with E-state index in [4.69, 9.17) is 8.92 Å². The lowest BCUT2D eigenvalue weighted by atomic mass is 10.0. The minimum absolute atomic E-state index is 0.117. The van der Waals surface area contributed by atoms with Crippen molar-refractivity contribution in [1.82, 2.24) is 5.32 Å². The monoisotopic (exact) mass is 575 g/mol. The van der Waals surface area contributed by atoms with Crippen molar-refractivity contribution in [2.45, 2.75) is 30.7 Å². The smallest absolute Gasteiger partial charge is 0.407 e. The van der Waals surface area contributed by atoms with E-state index in [0.29, 0.717) is 12.2 Å². The highest BCUT2D eigenvalue weighted by atomic mass is 32.2. The molecule has 1 unspecified atom stereocenters. The summed E-state index contributed by atoms with van der Waals surface area (Å²) < 4.78 is 37.4. The zero-order valence-electron chi connectivity index (χ0n) is 22.1. The normalized spacial score (nSPS) is 12.7. The molecule has 4 aromatic rings. The molecule has 1 amide bonds. The molecule has 0 radical (unpaired) electrons. The van der Waals surface area contributed by atoms with Crippen molar-refractivity contribution >= 4 is 28.0 Å². The van der Waals surface area contributed by atoms with Gasteiger partial charge in [-0.05, 0) is 47.4 Å². The van der Waals surface area contributed by atoms with Gasteiger partial charge >= 0.3 is 16.2 Å². The number of nitrogens with one attached hydrogen (secondary N) is 1. The molecule has 0 aromatic heterocycles. The van der Waals surface area contributed by atoms with Crippen LogP contribution in [0, 0.1) is 0 Å². The highest BCUT2D eigenvalue weighted by Gasteiger charge is 2.31. The lowest BCUT2D eigenvalue weighted by Crippen LogP contribution is -2.47. The van der Waals surface area contributed by atoms with E-state index < -0.39 is 27.5 Å². The minimum atomic E-state index is -3.97. The molecule has 0 spiro atoms. The maximum absolute atomic E-state index is 13.2. The topological polar surface area (TPSA) is 81.7 Å². The maximum atomic E-state index is 13.2. The maximum Gasteiger partial charge on any atom is 0.407 e. The Bertz CT molecular complexity index is 1400. The molecule has 0 saturated heterocycles. The number of carbonyl (C=O) groups is 1. The van der Waals surface area contributed by atoms with Crippen LogP contribution in [0.3, 0.4) is 0 Å². The molecule has 208 valence electrons. The number of amides is 1. The first-order valence-electron chi connectivity index (χ1n) is 13.1. The highest BCUT2D eigenvalue weighted by molar-refractivity contribution is 8.01. The predicted molar refractivity (Wildman–Crippen MR) is 161 cm³/mol. The molecule has 0 bridgehead atoms. The fraction of sp³-hybridized carbons (Fsp3) is 0.219. The van der Waals surface area contributed by atoms with Crippen LogP contribution < -0.4 is 9.50 Å². The van der Waals surface area contributed by atoms with Crippen molar-refractivity contribution in [1.29, 1.82) is 0 Å². The van der Waals surface area contributed by atoms with Crippen molar-refractivity contribution in [2.24, 2.45) is 0 Å². The summed E-state index contributed by atoms with van der Waals surface area (Å²) in [6.45, 7) is 0.117.